The van der Waals surface area contributed by atoms with Crippen LogP contribution in [0, 0.1) is 0 Å². The van der Waals surface area contributed by atoms with E-state index in [9.17, 15) is 13.2 Å². The number of nitrogens with zero attached hydrogens (tertiary/aromatic N) is 3. The second-order valence-corrected chi connectivity index (χ2v) is 9.78. The first-order valence-electron chi connectivity index (χ1n) is 10.1. The van der Waals surface area contributed by atoms with Gasteiger partial charge in [0.1, 0.15) is 10.4 Å². The van der Waals surface area contributed by atoms with Gasteiger partial charge in [0.25, 0.3) is 0 Å². The molecule has 2 aromatic heterocycles. The van der Waals surface area contributed by atoms with Crippen LogP contribution in [0.5, 0.6) is 0 Å². The second-order valence-electron chi connectivity index (χ2n) is 8.06. The fourth-order valence-electron chi connectivity index (χ4n) is 3.11. The lowest BCUT2D eigenvalue weighted by Gasteiger charge is -2.32. The number of anilines is 2. The van der Waals surface area contributed by atoms with Gasteiger partial charge in [0.05, 0.1) is 11.1 Å². The summed E-state index contributed by atoms with van der Waals surface area (Å²) in [5.41, 5.74) is 6.15. The molecular weight excluding hydrogens is 406 g/mol. The fraction of sp³-hybridized carbons (Fsp3) is 0.579. The van der Waals surface area contributed by atoms with Crippen LogP contribution in [0.25, 0.3) is 11.0 Å². The van der Waals surface area contributed by atoms with E-state index in [4.69, 9.17) is 5.73 Å². The molecule has 1 aliphatic carbocycles. The molecule has 5 N–H and O–H groups in total. The number of hydrogen-bond donors (Lipinski definition) is 4. The molecule has 30 heavy (non-hydrogen) atoms. The van der Waals surface area contributed by atoms with Crippen LogP contribution in [-0.2, 0) is 14.8 Å². The standard InChI is InChI=1S/C19H29N7O3S/c1-4-5-8-19(3,11-22-12(2)27)25-17-16-15(23-18(20)24-17)9-14(10-21-16)30(28,29)26-13-6-7-13/h9-10,13,26H,4-8,11H2,1-3H3,(H,22,27)(H3,20,23,24,25)/t19-/m1/s1. The van der Waals surface area contributed by atoms with E-state index in [0.717, 1.165) is 32.1 Å². The van der Waals surface area contributed by atoms with Crippen molar-refractivity contribution in [3.05, 3.63) is 12.3 Å². The van der Waals surface area contributed by atoms with E-state index in [1.807, 2.05) is 6.92 Å². The van der Waals surface area contributed by atoms with E-state index in [1.165, 1.54) is 19.2 Å². The zero-order valence-corrected chi connectivity index (χ0v) is 18.3. The van der Waals surface area contributed by atoms with Crippen LogP contribution in [0.2, 0.25) is 0 Å². The maximum absolute atomic E-state index is 12.5. The Bertz CT molecular complexity index is 1040. The number of rotatable bonds is 10. The smallest absolute Gasteiger partial charge is 0.242 e. The van der Waals surface area contributed by atoms with Gasteiger partial charge in [-0.1, -0.05) is 19.8 Å². The largest absolute Gasteiger partial charge is 0.368 e. The normalized spacial score (nSPS) is 16.2. The number of hydrogen-bond acceptors (Lipinski definition) is 8. The molecule has 0 spiro atoms. The minimum atomic E-state index is -3.66. The van der Waals surface area contributed by atoms with Crippen molar-refractivity contribution in [2.24, 2.45) is 0 Å². The van der Waals surface area contributed by atoms with E-state index in [2.05, 4.69) is 37.2 Å². The van der Waals surface area contributed by atoms with E-state index in [-0.39, 0.29) is 22.8 Å². The third-order valence-electron chi connectivity index (χ3n) is 4.97. The first-order valence-corrected chi connectivity index (χ1v) is 11.6. The highest BCUT2D eigenvalue weighted by Crippen LogP contribution is 2.27. The molecule has 0 radical (unpaired) electrons. The van der Waals surface area contributed by atoms with Crippen LogP contribution in [0.1, 0.15) is 52.9 Å². The lowest BCUT2D eigenvalue weighted by atomic mass is 9.94. The molecule has 2 aromatic rings. The molecule has 1 saturated carbocycles. The number of amides is 1. The van der Waals surface area contributed by atoms with Crippen molar-refractivity contribution in [1.29, 1.82) is 0 Å². The predicted molar refractivity (Wildman–Crippen MR) is 115 cm³/mol. The van der Waals surface area contributed by atoms with E-state index in [0.29, 0.717) is 23.4 Å². The number of nitrogen functional groups attached to an aromatic ring is 1. The van der Waals surface area contributed by atoms with Gasteiger partial charge in [-0.25, -0.2) is 23.1 Å². The highest BCUT2D eigenvalue weighted by Gasteiger charge is 2.29. The molecule has 0 aliphatic heterocycles. The molecule has 1 aliphatic rings. The van der Waals surface area contributed by atoms with Gasteiger partial charge in [-0.05, 0) is 32.3 Å². The lowest BCUT2D eigenvalue weighted by molar-refractivity contribution is -0.119. The first kappa shape index (κ1) is 22.2. The Labute approximate surface area is 176 Å². The van der Waals surface area contributed by atoms with Gasteiger partial charge in [-0.3, -0.25) is 4.79 Å². The lowest BCUT2D eigenvalue weighted by Crippen LogP contribution is -2.46. The molecule has 10 nitrogen and oxygen atoms in total. The highest BCUT2D eigenvalue weighted by molar-refractivity contribution is 7.89. The number of carbonyl (C=O) groups is 1. The van der Waals surface area contributed by atoms with Gasteiger partial charge in [0.2, 0.25) is 21.9 Å². The summed E-state index contributed by atoms with van der Waals surface area (Å²) in [7, 11) is -3.66. The third-order valence-corrected chi connectivity index (χ3v) is 6.45. The summed E-state index contributed by atoms with van der Waals surface area (Å²) in [5, 5.41) is 6.20. The van der Waals surface area contributed by atoms with Gasteiger partial charge in [-0.2, -0.15) is 4.98 Å². The Morgan fingerprint density at radius 3 is 2.70 bits per heavy atom. The minimum Gasteiger partial charge on any atom is -0.368 e. The summed E-state index contributed by atoms with van der Waals surface area (Å²) in [6.07, 6.45) is 5.71. The minimum absolute atomic E-state index is 0.00792. The third kappa shape index (κ3) is 5.54. The van der Waals surface area contributed by atoms with Gasteiger partial charge >= 0.3 is 0 Å². The summed E-state index contributed by atoms with van der Waals surface area (Å²) < 4.78 is 27.7. The van der Waals surface area contributed by atoms with Crippen LogP contribution in [0.15, 0.2) is 17.2 Å². The molecule has 1 atom stereocenters. The molecular formula is C19H29N7O3S. The predicted octanol–water partition coefficient (Wildman–Crippen LogP) is 1.54. The molecule has 0 bridgehead atoms. The average molecular weight is 436 g/mol. The maximum Gasteiger partial charge on any atom is 0.242 e. The topological polar surface area (TPSA) is 152 Å². The van der Waals surface area contributed by atoms with E-state index < -0.39 is 15.6 Å². The Balaban J connectivity index is 1.95. The quantitative estimate of drug-likeness (QED) is 0.438. The average Bonchev–Trinajstić information content (AvgIpc) is 3.47. The number of nitrogens with one attached hydrogen (secondary N) is 3. The first-order chi connectivity index (χ1) is 14.1. The van der Waals surface area contributed by atoms with Crippen LogP contribution < -0.4 is 21.1 Å². The molecule has 0 aromatic carbocycles. The number of unbranched alkanes of at least 4 members (excludes halogenated alkanes) is 1. The Morgan fingerprint density at radius 1 is 1.33 bits per heavy atom. The van der Waals surface area contributed by atoms with Crippen LogP contribution in [0.3, 0.4) is 0 Å². The van der Waals surface area contributed by atoms with Crippen molar-refractivity contribution in [3.8, 4) is 0 Å². The summed E-state index contributed by atoms with van der Waals surface area (Å²) in [6.45, 7) is 5.94. The van der Waals surface area contributed by atoms with Crippen LogP contribution in [-0.4, -0.2) is 47.4 Å². The number of carbonyl (C=O) groups excluding carboxylic acids is 1. The van der Waals surface area contributed by atoms with Gasteiger partial charge in [-0.15, -0.1) is 0 Å². The fourth-order valence-corrected chi connectivity index (χ4v) is 4.38. The summed E-state index contributed by atoms with van der Waals surface area (Å²) in [4.78, 5) is 24.3. The molecule has 1 amide bonds. The van der Waals surface area contributed by atoms with Crippen molar-refractivity contribution >= 4 is 38.7 Å². The van der Waals surface area contributed by atoms with Crippen LogP contribution in [0.4, 0.5) is 11.8 Å². The van der Waals surface area contributed by atoms with Crippen molar-refractivity contribution in [3.63, 3.8) is 0 Å². The molecule has 3 rings (SSSR count). The number of pyridine rings is 1. The maximum atomic E-state index is 12.5. The number of sulfonamides is 1. The Kier molecular flexibility index (Phi) is 6.41. The molecule has 0 unspecified atom stereocenters. The Morgan fingerprint density at radius 2 is 2.07 bits per heavy atom. The SMILES string of the molecule is CCCC[C@](C)(CNC(C)=O)Nc1nc(N)nc2cc(S(=O)(=O)NC3CC3)cnc12. The number of nitrogens with two attached hydrogens (primary N) is 1. The van der Waals surface area contributed by atoms with Gasteiger partial charge in [0, 0.05) is 25.7 Å². The molecule has 2 heterocycles. The highest BCUT2D eigenvalue weighted by atomic mass is 32.2. The number of aromatic nitrogens is 3. The zero-order chi connectivity index (χ0) is 21.9. The zero-order valence-electron chi connectivity index (χ0n) is 17.5. The van der Waals surface area contributed by atoms with E-state index in [1.54, 1.807) is 0 Å². The van der Waals surface area contributed by atoms with Crippen molar-refractivity contribution in [2.45, 2.75) is 69.4 Å². The molecule has 11 heteroatoms. The summed E-state index contributed by atoms with van der Waals surface area (Å²) in [6, 6.07) is 1.44. The summed E-state index contributed by atoms with van der Waals surface area (Å²) >= 11 is 0. The van der Waals surface area contributed by atoms with Crippen molar-refractivity contribution in [1.82, 2.24) is 25.0 Å². The van der Waals surface area contributed by atoms with Crippen molar-refractivity contribution in [2.75, 3.05) is 17.6 Å². The number of fused-ring (bicyclic) bond motifs is 1. The second kappa shape index (κ2) is 8.68. The molecule has 0 saturated heterocycles. The van der Waals surface area contributed by atoms with Crippen molar-refractivity contribution < 1.29 is 13.2 Å². The summed E-state index contributed by atoms with van der Waals surface area (Å²) in [5.74, 6) is 0.289. The van der Waals surface area contributed by atoms with Gasteiger partial charge in [0.15, 0.2) is 5.82 Å². The van der Waals surface area contributed by atoms with Gasteiger partial charge < -0.3 is 16.4 Å². The molecule has 1 fully saturated rings. The Hall–Kier alpha value is -2.53. The van der Waals surface area contributed by atoms with Crippen LogP contribution >= 0.6 is 0 Å². The molecule has 164 valence electrons. The van der Waals surface area contributed by atoms with E-state index >= 15 is 0 Å². The monoisotopic (exact) mass is 435 g/mol.